The highest BCUT2D eigenvalue weighted by Gasteiger charge is 2.28. The lowest BCUT2D eigenvalue weighted by atomic mass is 10.7. The van der Waals surface area contributed by atoms with Crippen LogP contribution < -0.4 is 0 Å². The molecule has 0 atom stereocenters. The van der Waals surface area contributed by atoms with E-state index in [0.717, 1.165) is 6.08 Å². The van der Waals surface area contributed by atoms with Crippen LogP contribution in [0.3, 0.4) is 0 Å². The summed E-state index contributed by atoms with van der Waals surface area (Å²) in [7, 11) is -0.893. The van der Waals surface area contributed by atoms with Gasteiger partial charge in [0.25, 0.3) is 8.32 Å². The van der Waals surface area contributed by atoms with Crippen molar-refractivity contribution in [3.8, 4) is 0 Å². The summed E-state index contributed by atoms with van der Waals surface area (Å²) >= 11 is 0. The SMILES string of the molecule is C=CC(=O)OC[Si](C)(C)OC(=O)COC. The second-order valence-electron chi connectivity index (χ2n) is 3.48. The van der Waals surface area contributed by atoms with Crippen LogP contribution in [0.1, 0.15) is 0 Å². The Morgan fingerprint density at radius 2 is 2.00 bits per heavy atom. The van der Waals surface area contributed by atoms with E-state index in [1.165, 1.54) is 7.11 Å². The van der Waals surface area contributed by atoms with Crippen LogP contribution in [-0.4, -0.2) is 40.2 Å². The van der Waals surface area contributed by atoms with E-state index in [1.54, 1.807) is 13.1 Å². The van der Waals surface area contributed by atoms with Gasteiger partial charge in [0, 0.05) is 13.2 Å². The molecule has 0 saturated heterocycles. The monoisotopic (exact) mass is 232 g/mol. The topological polar surface area (TPSA) is 61.8 Å². The number of esters is 1. The summed E-state index contributed by atoms with van der Waals surface area (Å²) in [4.78, 5) is 21.9. The van der Waals surface area contributed by atoms with Crippen LogP contribution in [0.15, 0.2) is 12.7 Å². The minimum atomic E-state index is -2.30. The van der Waals surface area contributed by atoms with Gasteiger partial charge < -0.3 is 13.9 Å². The van der Waals surface area contributed by atoms with Crippen molar-refractivity contribution < 1.29 is 23.5 Å². The Morgan fingerprint density at radius 1 is 1.40 bits per heavy atom. The third kappa shape index (κ3) is 6.87. The molecular formula is C9H16O5Si. The molecule has 0 aliphatic carbocycles. The van der Waals surface area contributed by atoms with E-state index in [1.807, 2.05) is 0 Å². The molecule has 0 N–H and O–H groups in total. The van der Waals surface area contributed by atoms with Crippen LogP contribution in [0, 0.1) is 0 Å². The number of hydrogen-bond acceptors (Lipinski definition) is 5. The van der Waals surface area contributed by atoms with E-state index in [9.17, 15) is 9.59 Å². The molecule has 0 bridgehead atoms. The van der Waals surface area contributed by atoms with Crippen molar-refractivity contribution >= 4 is 20.3 Å². The van der Waals surface area contributed by atoms with E-state index < -0.39 is 20.3 Å². The zero-order valence-corrected chi connectivity index (χ0v) is 10.2. The minimum absolute atomic E-state index is 0.0914. The van der Waals surface area contributed by atoms with Crippen molar-refractivity contribution in [1.29, 1.82) is 0 Å². The molecule has 0 aromatic rings. The van der Waals surface area contributed by atoms with Crippen molar-refractivity contribution in [1.82, 2.24) is 0 Å². The molecule has 0 aliphatic rings. The summed E-state index contributed by atoms with van der Waals surface area (Å²) < 4.78 is 14.6. The first kappa shape index (κ1) is 13.9. The molecular weight excluding hydrogens is 216 g/mol. The molecule has 0 aliphatic heterocycles. The fourth-order valence-corrected chi connectivity index (χ4v) is 2.01. The fourth-order valence-electron chi connectivity index (χ4n) is 0.789. The molecule has 0 spiro atoms. The van der Waals surface area contributed by atoms with Crippen molar-refractivity contribution in [2.75, 3.05) is 19.9 Å². The number of methoxy groups -OCH3 is 1. The van der Waals surface area contributed by atoms with Gasteiger partial charge in [-0.1, -0.05) is 6.58 Å². The lowest BCUT2D eigenvalue weighted by Gasteiger charge is -2.21. The van der Waals surface area contributed by atoms with Gasteiger partial charge in [0.1, 0.15) is 12.8 Å². The molecule has 0 aromatic carbocycles. The van der Waals surface area contributed by atoms with Gasteiger partial charge >= 0.3 is 11.9 Å². The summed E-state index contributed by atoms with van der Waals surface area (Å²) in [6, 6.07) is 0. The Balaban J connectivity index is 4.00. The van der Waals surface area contributed by atoms with Crippen LogP contribution in [-0.2, 0) is 23.5 Å². The van der Waals surface area contributed by atoms with Crippen molar-refractivity contribution in [3.63, 3.8) is 0 Å². The molecule has 0 aromatic heterocycles. The second kappa shape index (κ2) is 6.36. The number of hydrogen-bond donors (Lipinski definition) is 0. The van der Waals surface area contributed by atoms with Gasteiger partial charge in [-0.25, -0.2) is 4.79 Å². The van der Waals surface area contributed by atoms with Gasteiger partial charge in [0.2, 0.25) is 0 Å². The molecule has 6 heteroatoms. The van der Waals surface area contributed by atoms with Crippen LogP contribution in [0.4, 0.5) is 0 Å². The Kier molecular flexibility index (Phi) is 5.88. The molecule has 0 saturated carbocycles. The summed E-state index contributed by atoms with van der Waals surface area (Å²) in [5.74, 6) is -0.956. The van der Waals surface area contributed by atoms with Crippen molar-refractivity contribution in [2.45, 2.75) is 13.1 Å². The standard InChI is InChI=1S/C9H16O5Si/c1-5-8(10)13-7-15(3,4)14-9(11)6-12-2/h5H,1,6-7H2,2-4H3. The maximum absolute atomic E-state index is 11.1. The van der Waals surface area contributed by atoms with Gasteiger partial charge in [0.05, 0.1) is 0 Å². The first-order valence-corrected chi connectivity index (χ1v) is 7.53. The molecule has 0 rings (SSSR count). The number of carbonyl (C=O) groups is 2. The highest BCUT2D eigenvalue weighted by atomic mass is 28.4. The Hall–Kier alpha value is -1.14. The molecule has 15 heavy (non-hydrogen) atoms. The largest absolute Gasteiger partial charge is 0.514 e. The second-order valence-corrected chi connectivity index (χ2v) is 7.49. The summed E-state index contributed by atoms with van der Waals surface area (Å²) in [6.07, 6.45) is 1.19. The molecule has 86 valence electrons. The lowest BCUT2D eigenvalue weighted by molar-refractivity contribution is -0.141. The van der Waals surface area contributed by atoms with Gasteiger partial charge in [0.15, 0.2) is 0 Å². The molecule has 0 amide bonds. The highest BCUT2D eigenvalue weighted by molar-refractivity contribution is 6.72. The fraction of sp³-hybridized carbons (Fsp3) is 0.556. The molecule has 0 fully saturated rings. The van der Waals surface area contributed by atoms with Gasteiger partial charge in [-0.3, -0.25) is 4.79 Å². The number of ether oxygens (including phenoxy) is 2. The van der Waals surface area contributed by atoms with Crippen LogP contribution in [0.5, 0.6) is 0 Å². The Labute approximate surface area is 90.1 Å². The predicted octanol–water partition coefficient (Wildman–Crippen LogP) is 0.649. The Bertz CT molecular complexity index is 249. The smallest absolute Gasteiger partial charge is 0.329 e. The summed E-state index contributed by atoms with van der Waals surface area (Å²) in [5, 5.41) is 0. The third-order valence-electron chi connectivity index (χ3n) is 1.38. The average molecular weight is 232 g/mol. The van der Waals surface area contributed by atoms with Crippen molar-refractivity contribution in [2.24, 2.45) is 0 Å². The zero-order valence-electron chi connectivity index (χ0n) is 9.24. The van der Waals surface area contributed by atoms with E-state index in [2.05, 4.69) is 11.3 Å². The van der Waals surface area contributed by atoms with Gasteiger partial charge in [-0.15, -0.1) is 0 Å². The van der Waals surface area contributed by atoms with Crippen LogP contribution in [0.25, 0.3) is 0 Å². The quantitative estimate of drug-likeness (QED) is 0.382. The summed E-state index contributed by atoms with van der Waals surface area (Å²) in [6.45, 7) is 6.72. The maximum atomic E-state index is 11.1. The molecule has 5 nitrogen and oxygen atoms in total. The van der Waals surface area contributed by atoms with Gasteiger partial charge in [-0.2, -0.15) is 0 Å². The maximum Gasteiger partial charge on any atom is 0.329 e. The zero-order chi connectivity index (χ0) is 11.9. The lowest BCUT2D eigenvalue weighted by Crippen LogP contribution is -2.40. The van der Waals surface area contributed by atoms with Crippen LogP contribution in [0.2, 0.25) is 13.1 Å². The number of rotatable bonds is 6. The van der Waals surface area contributed by atoms with E-state index in [4.69, 9.17) is 9.16 Å². The Morgan fingerprint density at radius 3 is 2.47 bits per heavy atom. The molecule has 0 heterocycles. The van der Waals surface area contributed by atoms with Crippen LogP contribution >= 0.6 is 0 Å². The number of carbonyl (C=O) groups excluding carboxylic acids is 2. The predicted molar refractivity (Wildman–Crippen MR) is 56.6 cm³/mol. The van der Waals surface area contributed by atoms with E-state index in [0.29, 0.717) is 0 Å². The van der Waals surface area contributed by atoms with Gasteiger partial charge in [-0.05, 0) is 13.1 Å². The van der Waals surface area contributed by atoms with E-state index in [-0.39, 0.29) is 12.8 Å². The van der Waals surface area contributed by atoms with E-state index >= 15 is 0 Å². The van der Waals surface area contributed by atoms with Crippen molar-refractivity contribution in [3.05, 3.63) is 12.7 Å². The first-order valence-electron chi connectivity index (χ1n) is 4.41. The highest BCUT2D eigenvalue weighted by Crippen LogP contribution is 2.05. The minimum Gasteiger partial charge on any atom is -0.514 e. The molecule has 0 unspecified atom stereocenters. The average Bonchev–Trinajstić information content (AvgIpc) is 2.13. The first-order chi connectivity index (χ1) is 6.91. The normalized spacial score (nSPS) is 10.6. The molecule has 0 radical (unpaired) electrons. The third-order valence-corrected chi connectivity index (χ3v) is 3.00. The summed E-state index contributed by atoms with van der Waals surface area (Å²) in [5.41, 5.74) is 0.